The SMILES string of the molecule is Brc1ccccc1[C@H]1CN(c2nc(C3CC3)no2)CCO1. The van der Waals surface area contributed by atoms with Crippen molar-refractivity contribution in [3.63, 3.8) is 0 Å². The number of benzene rings is 1. The second kappa shape index (κ2) is 5.42. The van der Waals surface area contributed by atoms with Crippen LogP contribution in [-0.2, 0) is 4.74 Å². The van der Waals surface area contributed by atoms with Crippen LogP contribution in [0.25, 0.3) is 0 Å². The summed E-state index contributed by atoms with van der Waals surface area (Å²) in [6.07, 6.45) is 2.38. The van der Waals surface area contributed by atoms with Crippen LogP contribution in [0.3, 0.4) is 0 Å². The summed E-state index contributed by atoms with van der Waals surface area (Å²) in [6.45, 7) is 2.18. The number of hydrogen-bond donors (Lipinski definition) is 0. The van der Waals surface area contributed by atoms with Crippen LogP contribution >= 0.6 is 15.9 Å². The molecule has 1 aromatic heterocycles. The number of anilines is 1. The van der Waals surface area contributed by atoms with Gasteiger partial charge in [0.15, 0.2) is 5.82 Å². The van der Waals surface area contributed by atoms with Crippen LogP contribution in [0.2, 0.25) is 0 Å². The lowest BCUT2D eigenvalue weighted by Crippen LogP contribution is -2.38. The van der Waals surface area contributed by atoms with Crippen LogP contribution in [-0.4, -0.2) is 29.8 Å². The van der Waals surface area contributed by atoms with Gasteiger partial charge in [0, 0.05) is 16.9 Å². The Kier molecular flexibility index (Phi) is 3.43. The number of rotatable bonds is 3. The maximum Gasteiger partial charge on any atom is 0.324 e. The number of morpholine rings is 1. The highest BCUT2D eigenvalue weighted by molar-refractivity contribution is 9.10. The van der Waals surface area contributed by atoms with E-state index in [0.29, 0.717) is 18.5 Å². The minimum absolute atomic E-state index is 0.0191. The van der Waals surface area contributed by atoms with Gasteiger partial charge in [0.1, 0.15) is 6.10 Å². The van der Waals surface area contributed by atoms with E-state index in [4.69, 9.17) is 9.26 Å². The lowest BCUT2D eigenvalue weighted by molar-refractivity contribution is 0.0372. The van der Waals surface area contributed by atoms with Gasteiger partial charge in [-0.15, -0.1) is 0 Å². The van der Waals surface area contributed by atoms with Gasteiger partial charge in [-0.25, -0.2) is 0 Å². The predicted molar refractivity (Wildman–Crippen MR) is 81.3 cm³/mol. The summed E-state index contributed by atoms with van der Waals surface area (Å²) >= 11 is 3.59. The molecule has 2 aromatic rings. The van der Waals surface area contributed by atoms with Crippen molar-refractivity contribution >= 4 is 21.9 Å². The Labute approximate surface area is 131 Å². The summed E-state index contributed by atoms with van der Waals surface area (Å²) in [5.74, 6) is 1.37. The molecule has 5 nitrogen and oxygen atoms in total. The molecule has 0 radical (unpaired) electrons. The molecule has 21 heavy (non-hydrogen) atoms. The Morgan fingerprint density at radius 1 is 1.24 bits per heavy atom. The van der Waals surface area contributed by atoms with Gasteiger partial charge >= 0.3 is 6.01 Å². The molecule has 1 atom stereocenters. The molecule has 0 bridgehead atoms. The molecule has 1 aromatic carbocycles. The van der Waals surface area contributed by atoms with Gasteiger partial charge in [0.05, 0.1) is 13.2 Å². The average molecular weight is 350 g/mol. The zero-order valence-corrected chi connectivity index (χ0v) is 13.1. The van der Waals surface area contributed by atoms with Crippen LogP contribution in [0, 0.1) is 0 Å². The fourth-order valence-electron chi connectivity index (χ4n) is 2.61. The molecule has 6 heteroatoms. The van der Waals surface area contributed by atoms with E-state index in [9.17, 15) is 0 Å². The van der Waals surface area contributed by atoms with Crippen molar-refractivity contribution in [2.45, 2.75) is 24.9 Å². The molecule has 110 valence electrons. The van der Waals surface area contributed by atoms with Crippen molar-refractivity contribution in [1.29, 1.82) is 0 Å². The molecule has 2 aliphatic rings. The smallest absolute Gasteiger partial charge is 0.324 e. The monoisotopic (exact) mass is 349 g/mol. The second-order valence-electron chi connectivity index (χ2n) is 5.54. The van der Waals surface area contributed by atoms with Gasteiger partial charge in [0.25, 0.3) is 0 Å². The van der Waals surface area contributed by atoms with Crippen molar-refractivity contribution in [3.8, 4) is 0 Å². The third kappa shape index (κ3) is 2.70. The number of aromatic nitrogens is 2. The van der Waals surface area contributed by atoms with Crippen LogP contribution < -0.4 is 4.90 Å². The molecular weight excluding hydrogens is 334 g/mol. The Balaban J connectivity index is 1.53. The maximum atomic E-state index is 5.90. The Bertz CT molecular complexity index is 641. The van der Waals surface area contributed by atoms with E-state index in [-0.39, 0.29) is 6.10 Å². The zero-order chi connectivity index (χ0) is 14.2. The molecule has 0 N–H and O–H groups in total. The minimum Gasteiger partial charge on any atom is -0.370 e. The number of halogens is 1. The zero-order valence-electron chi connectivity index (χ0n) is 11.5. The standard InChI is InChI=1S/C15H16BrN3O2/c16-12-4-2-1-3-11(12)13-9-19(7-8-20-13)15-17-14(18-21-15)10-5-6-10/h1-4,10,13H,5-9H2/t13-/m1/s1. The summed E-state index contributed by atoms with van der Waals surface area (Å²) in [6, 6.07) is 8.78. The van der Waals surface area contributed by atoms with Crippen LogP contribution in [0.15, 0.2) is 33.3 Å². The molecule has 0 amide bonds. The van der Waals surface area contributed by atoms with Crippen LogP contribution in [0.1, 0.15) is 36.3 Å². The van der Waals surface area contributed by atoms with E-state index in [2.05, 4.69) is 37.0 Å². The topological polar surface area (TPSA) is 51.4 Å². The van der Waals surface area contributed by atoms with Crippen LogP contribution in [0.4, 0.5) is 6.01 Å². The van der Waals surface area contributed by atoms with Gasteiger partial charge in [-0.2, -0.15) is 4.98 Å². The van der Waals surface area contributed by atoms with Gasteiger partial charge in [-0.05, 0) is 24.5 Å². The van der Waals surface area contributed by atoms with Crippen molar-refractivity contribution in [3.05, 3.63) is 40.1 Å². The fourth-order valence-corrected chi connectivity index (χ4v) is 3.15. The second-order valence-corrected chi connectivity index (χ2v) is 6.39. The summed E-state index contributed by atoms with van der Waals surface area (Å²) in [5.41, 5.74) is 1.16. The van der Waals surface area contributed by atoms with Gasteiger partial charge in [-0.3, -0.25) is 0 Å². The quantitative estimate of drug-likeness (QED) is 0.850. The molecule has 0 spiro atoms. The fraction of sp³-hybridized carbons (Fsp3) is 0.467. The largest absolute Gasteiger partial charge is 0.370 e. The van der Waals surface area contributed by atoms with E-state index in [1.54, 1.807) is 0 Å². The van der Waals surface area contributed by atoms with Crippen molar-refractivity contribution < 1.29 is 9.26 Å². The molecular formula is C15H16BrN3O2. The first-order chi connectivity index (χ1) is 10.3. The normalized spacial score (nSPS) is 22.5. The highest BCUT2D eigenvalue weighted by Crippen LogP contribution is 2.39. The summed E-state index contributed by atoms with van der Waals surface area (Å²) in [4.78, 5) is 6.64. The number of ether oxygens (including phenoxy) is 1. The summed E-state index contributed by atoms with van der Waals surface area (Å²) < 4.78 is 12.4. The summed E-state index contributed by atoms with van der Waals surface area (Å²) in [5, 5.41) is 4.09. The van der Waals surface area contributed by atoms with Gasteiger partial charge in [-0.1, -0.05) is 39.3 Å². The molecule has 2 heterocycles. The third-order valence-corrected chi connectivity index (χ3v) is 4.68. The minimum atomic E-state index is 0.0191. The first-order valence-corrected chi connectivity index (χ1v) is 8.05. The van der Waals surface area contributed by atoms with Gasteiger partial charge < -0.3 is 14.2 Å². The first kappa shape index (κ1) is 13.3. The Morgan fingerprint density at radius 3 is 2.90 bits per heavy atom. The molecule has 1 saturated heterocycles. The lowest BCUT2D eigenvalue weighted by atomic mass is 10.1. The van der Waals surface area contributed by atoms with E-state index in [0.717, 1.165) is 29.0 Å². The molecule has 1 saturated carbocycles. The van der Waals surface area contributed by atoms with Crippen molar-refractivity contribution in [2.75, 3.05) is 24.6 Å². The highest BCUT2D eigenvalue weighted by atomic mass is 79.9. The van der Waals surface area contributed by atoms with E-state index in [1.165, 1.54) is 12.8 Å². The number of hydrogen-bond acceptors (Lipinski definition) is 5. The Hall–Kier alpha value is -1.40. The molecule has 1 aliphatic heterocycles. The maximum absolute atomic E-state index is 5.90. The molecule has 4 rings (SSSR count). The third-order valence-electron chi connectivity index (χ3n) is 3.96. The predicted octanol–water partition coefficient (Wildman–Crippen LogP) is 3.29. The summed E-state index contributed by atoms with van der Waals surface area (Å²) in [7, 11) is 0. The molecule has 2 fully saturated rings. The van der Waals surface area contributed by atoms with Crippen molar-refractivity contribution in [2.24, 2.45) is 0 Å². The lowest BCUT2D eigenvalue weighted by Gasteiger charge is -2.32. The van der Waals surface area contributed by atoms with E-state index < -0.39 is 0 Å². The molecule has 0 unspecified atom stereocenters. The highest BCUT2D eigenvalue weighted by Gasteiger charge is 2.31. The van der Waals surface area contributed by atoms with E-state index >= 15 is 0 Å². The molecule has 1 aliphatic carbocycles. The van der Waals surface area contributed by atoms with Crippen LogP contribution in [0.5, 0.6) is 0 Å². The van der Waals surface area contributed by atoms with Gasteiger partial charge in [0.2, 0.25) is 0 Å². The van der Waals surface area contributed by atoms with E-state index in [1.807, 2.05) is 18.2 Å². The Morgan fingerprint density at radius 2 is 2.10 bits per heavy atom. The van der Waals surface area contributed by atoms with Crippen molar-refractivity contribution in [1.82, 2.24) is 10.1 Å². The first-order valence-electron chi connectivity index (χ1n) is 7.26. The average Bonchev–Trinajstić information content (AvgIpc) is 3.25. The number of nitrogens with zero attached hydrogens (tertiary/aromatic N) is 3.